The van der Waals surface area contributed by atoms with Crippen molar-refractivity contribution in [2.24, 2.45) is 0 Å². The number of nitrogens with zero attached hydrogens (tertiary/aromatic N) is 2. The molecule has 0 aliphatic carbocycles. The molecule has 21 heavy (non-hydrogen) atoms. The molecule has 1 heterocycles. The third-order valence-electron chi connectivity index (χ3n) is 3.12. The van der Waals surface area contributed by atoms with Crippen molar-refractivity contribution < 1.29 is 17.9 Å². The van der Waals surface area contributed by atoms with E-state index in [1.807, 2.05) is 5.41 Å². The van der Waals surface area contributed by atoms with Crippen molar-refractivity contribution in [2.75, 3.05) is 26.2 Å². The Morgan fingerprint density at radius 2 is 1.76 bits per heavy atom. The zero-order valence-corrected chi connectivity index (χ0v) is 12.3. The number of piperazine rings is 1. The van der Waals surface area contributed by atoms with Gasteiger partial charge in [0.05, 0.1) is 0 Å². The topological polar surface area (TPSA) is 15.7 Å². The largest absolute Gasteiger partial charge is 0.573 e. The SMILES string of the molecule is C=CSN1CCN(Cc2ccc(OC(F)(F)F)cc2)CC1. The fraction of sp³-hybridized carbons (Fsp3) is 0.429. The van der Waals surface area contributed by atoms with Crippen LogP contribution in [0.3, 0.4) is 0 Å². The number of rotatable bonds is 5. The first-order valence-corrected chi connectivity index (χ1v) is 7.39. The van der Waals surface area contributed by atoms with Crippen LogP contribution in [0.1, 0.15) is 5.56 Å². The maximum atomic E-state index is 12.1. The fourth-order valence-corrected chi connectivity index (χ4v) is 2.74. The molecule has 0 spiro atoms. The molecule has 0 unspecified atom stereocenters. The Morgan fingerprint density at radius 3 is 2.29 bits per heavy atom. The highest BCUT2D eigenvalue weighted by molar-refractivity contribution is 7.99. The molecule has 0 bridgehead atoms. The lowest BCUT2D eigenvalue weighted by Crippen LogP contribution is -2.42. The van der Waals surface area contributed by atoms with E-state index in [0.29, 0.717) is 0 Å². The minimum absolute atomic E-state index is 0.182. The Balaban J connectivity index is 1.83. The quantitative estimate of drug-likeness (QED) is 0.772. The predicted molar refractivity (Wildman–Crippen MR) is 77.8 cm³/mol. The van der Waals surface area contributed by atoms with Crippen LogP contribution in [-0.2, 0) is 6.54 Å². The van der Waals surface area contributed by atoms with E-state index in [0.717, 1.165) is 38.3 Å². The van der Waals surface area contributed by atoms with Crippen molar-refractivity contribution in [3.05, 3.63) is 41.8 Å². The molecule has 0 radical (unpaired) electrons. The minimum Gasteiger partial charge on any atom is -0.406 e. The first-order chi connectivity index (χ1) is 9.96. The van der Waals surface area contributed by atoms with E-state index in [-0.39, 0.29) is 5.75 Å². The maximum Gasteiger partial charge on any atom is 0.573 e. The van der Waals surface area contributed by atoms with E-state index in [9.17, 15) is 13.2 Å². The minimum atomic E-state index is -4.64. The van der Waals surface area contributed by atoms with Crippen LogP contribution < -0.4 is 4.74 Å². The maximum absolute atomic E-state index is 12.1. The van der Waals surface area contributed by atoms with E-state index in [2.05, 4.69) is 20.5 Å². The van der Waals surface area contributed by atoms with Gasteiger partial charge in [-0.2, -0.15) is 0 Å². The van der Waals surface area contributed by atoms with Gasteiger partial charge in [0.1, 0.15) is 5.75 Å². The van der Waals surface area contributed by atoms with Gasteiger partial charge in [-0.25, -0.2) is 4.31 Å². The average Bonchev–Trinajstić information content (AvgIpc) is 2.42. The summed E-state index contributed by atoms with van der Waals surface area (Å²) in [4.78, 5) is 2.28. The molecule has 0 aromatic heterocycles. The van der Waals surface area contributed by atoms with Crippen LogP contribution in [0.5, 0.6) is 5.75 Å². The highest BCUT2D eigenvalue weighted by Gasteiger charge is 2.31. The Morgan fingerprint density at radius 1 is 1.14 bits per heavy atom. The van der Waals surface area contributed by atoms with Crippen molar-refractivity contribution in [3.63, 3.8) is 0 Å². The molecule has 0 atom stereocenters. The van der Waals surface area contributed by atoms with Crippen LogP contribution in [0, 0.1) is 0 Å². The number of ether oxygens (including phenoxy) is 1. The predicted octanol–water partition coefficient (Wildman–Crippen LogP) is 3.49. The molecule has 7 heteroatoms. The Labute approximate surface area is 126 Å². The summed E-state index contributed by atoms with van der Waals surface area (Å²) >= 11 is 1.62. The van der Waals surface area contributed by atoms with Gasteiger partial charge in [-0.1, -0.05) is 30.7 Å². The van der Waals surface area contributed by atoms with Crippen LogP contribution in [0.25, 0.3) is 0 Å². The number of hydrogen-bond donors (Lipinski definition) is 0. The molecular weight excluding hydrogens is 301 g/mol. The van der Waals surface area contributed by atoms with Crippen molar-refractivity contribution in [1.82, 2.24) is 9.21 Å². The molecule has 3 nitrogen and oxygen atoms in total. The molecule has 1 aliphatic heterocycles. The van der Waals surface area contributed by atoms with Crippen LogP contribution >= 0.6 is 11.9 Å². The lowest BCUT2D eigenvalue weighted by Gasteiger charge is -2.33. The van der Waals surface area contributed by atoms with E-state index >= 15 is 0 Å². The van der Waals surface area contributed by atoms with Gasteiger partial charge in [0.25, 0.3) is 0 Å². The Kier molecular flexibility index (Phi) is 5.55. The van der Waals surface area contributed by atoms with E-state index in [1.54, 1.807) is 24.1 Å². The Bertz CT molecular complexity index is 456. The average molecular weight is 318 g/mol. The monoisotopic (exact) mass is 318 g/mol. The van der Waals surface area contributed by atoms with Gasteiger partial charge in [-0.3, -0.25) is 4.90 Å². The lowest BCUT2D eigenvalue weighted by atomic mass is 10.2. The van der Waals surface area contributed by atoms with Crippen LogP contribution in [0.2, 0.25) is 0 Å². The van der Waals surface area contributed by atoms with Gasteiger partial charge in [-0.15, -0.1) is 13.2 Å². The van der Waals surface area contributed by atoms with Crippen molar-refractivity contribution in [2.45, 2.75) is 12.9 Å². The summed E-state index contributed by atoms with van der Waals surface area (Å²) in [7, 11) is 0. The number of benzene rings is 1. The van der Waals surface area contributed by atoms with Gasteiger partial charge in [0, 0.05) is 32.7 Å². The molecule has 2 rings (SSSR count). The number of hydrogen-bond acceptors (Lipinski definition) is 4. The molecule has 1 saturated heterocycles. The lowest BCUT2D eigenvalue weighted by molar-refractivity contribution is -0.274. The second kappa shape index (κ2) is 7.20. The third-order valence-corrected chi connectivity index (χ3v) is 3.93. The van der Waals surface area contributed by atoms with Crippen molar-refractivity contribution in [3.8, 4) is 5.75 Å². The molecule has 116 valence electrons. The number of alkyl halides is 3. The third kappa shape index (κ3) is 5.61. The van der Waals surface area contributed by atoms with Crippen LogP contribution in [0.15, 0.2) is 36.3 Å². The van der Waals surface area contributed by atoms with Crippen molar-refractivity contribution in [1.29, 1.82) is 0 Å². The zero-order chi connectivity index (χ0) is 15.3. The molecule has 1 aromatic rings. The molecule has 1 aliphatic rings. The highest BCUT2D eigenvalue weighted by Crippen LogP contribution is 2.23. The summed E-state index contributed by atoms with van der Waals surface area (Å²) in [6.45, 7) is 8.19. The number of halogens is 3. The summed E-state index contributed by atoms with van der Waals surface area (Å²) in [5, 5.41) is 1.81. The molecule has 0 amide bonds. The standard InChI is InChI=1S/C14H17F3N2OS/c1-2-21-19-9-7-18(8-10-19)11-12-3-5-13(6-4-12)20-14(15,16)17/h2-6H,1,7-11H2. The normalized spacial score (nSPS) is 17.7. The molecule has 0 N–H and O–H groups in total. The van der Waals surface area contributed by atoms with E-state index < -0.39 is 6.36 Å². The molecular formula is C14H17F3N2OS. The van der Waals surface area contributed by atoms with Gasteiger partial charge in [-0.05, 0) is 23.1 Å². The zero-order valence-electron chi connectivity index (χ0n) is 11.5. The highest BCUT2D eigenvalue weighted by atomic mass is 32.2. The van der Waals surface area contributed by atoms with Gasteiger partial charge >= 0.3 is 6.36 Å². The van der Waals surface area contributed by atoms with Gasteiger partial charge in [0.15, 0.2) is 0 Å². The summed E-state index contributed by atoms with van der Waals surface area (Å²) in [6.07, 6.45) is -4.64. The molecule has 1 aromatic carbocycles. The first kappa shape index (κ1) is 16.2. The van der Waals surface area contributed by atoms with E-state index in [4.69, 9.17) is 0 Å². The molecule has 0 saturated carbocycles. The fourth-order valence-electron chi connectivity index (χ4n) is 2.15. The smallest absolute Gasteiger partial charge is 0.406 e. The molecule has 1 fully saturated rings. The second-order valence-corrected chi connectivity index (χ2v) is 5.73. The van der Waals surface area contributed by atoms with Crippen molar-refractivity contribution >= 4 is 11.9 Å². The van der Waals surface area contributed by atoms with Gasteiger partial charge < -0.3 is 4.74 Å². The summed E-state index contributed by atoms with van der Waals surface area (Å²) < 4.78 is 42.3. The Hall–Kier alpha value is -1.18. The second-order valence-electron chi connectivity index (χ2n) is 4.67. The summed E-state index contributed by atoms with van der Waals surface area (Å²) in [5.41, 5.74) is 0.981. The summed E-state index contributed by atoms with van der Waals surface area (Å²) in [6, 6.07) is 6.05. The van der Waals surface area contributed by atoms with Gasteiger partial charge in [0.2, 0.25) is 0 Å². The summed E-state index contributed by atoms with van der Waals surface area (Å²) in [5.74, 6) is -0.182. The van der Waals surface area contributed by atoms with E-state index in [1.165, 1.54) is 12.1 Å². The first-order valence-electron chi connectivity index (χ1n) is 6.56. The van der Waals surface area contributed by atoms with Crippen LogP contribution in [-0.4, -0.2) is 41.7 Å². The van der Waals surface area contributed by atoms with Crippen LogP contribution in [0.4, 0.5) is 13.2 Å².